The second kappa shape index (κ2) is 5.63. The maximum atomic E-state index is 12.2. The maximum absolute atomic E-state index is 12.2. The van der Waals surface area contributed by atoms with Crippen LogP contribution < -0.4 is 5.56 Å². The average molecular weight is 305 g/mol. The van der Waals surface area contributed by atoms with Gasteiger partial charge in [-0.05, 0) is 23.3 Å². The topological polar surface area (TPSA) is 49.0 Å². The zero-order valence-corrected chi connectivity index (χ0v) is 13.2. The van der Waals surface area contributed by atoms with Crippen LogP contribution in [0.4, 0.5) is 0 Å². The summed E-state index contributed by atoms with van der Waals surface area (Å²) in [7, 11) is 0. The van der Waals surface area contributed by atoms with E-state index >= 15 is 0 Å². The Kier molecular flexibility index (Phi) is 3.46. The molecule has 0 aliphatic carbocycles. The number of aromatic nitrogens is 2. The third kappa shape index (κ3) is 2.66. The summed E-state index contributed by atoms with van der Waals surface area (Å²) in [5, 5.41) is 2.55. The highest BCUT2D eigenvalue weighted by Gasteiger charge is 2.21. The molecule has 1 aliphatic heterocycles. The van der Waals surface area contributed by atoms with Crippen molar-refractivity contribution in [2.75, 3.05) is 6.54 Å². The van der Waals surface area contributed by atoms with Gasteiger partial charge in [0, 0.05) is 26.1 Å². The summed E-state index contributed by atoms with van der Waals surface area (Å²) in [6.45, 7) is 4.30. The predicted molar refractivity (Wildman–Crippen MR) is 91.4 cm³/mol. The number of hydrogen-bond donors (Lipinski definition) is 1. The summed E-state index contributed by atoms with van der Waals surface area (Å²) in [5.41, 5.74) is 3.10. The first-order valence-corrected chi connectivity index (χ1v) is 7.98. The van der Waals surface area contributed by atoms with Crippen LogP contribution >= 0.6 is 0 Å². The lowest BCUT2D eigenvalue weighted by Crippen LogP contribution is -2.35. The third-order valence-electron chi connectivity index (χ3n) is 4.54. The van der Waals surface area contributed by atoms with Crippen LogP contribution in [0.15, 0.2) is 47.3 Å². The number of hydrogen-bond acceptors (Lipinski definition) is 3. The molecule has 23 heavy (non-hydrogen) atoms. The van der Waals surface area contributed by atoms with Crippen LogP contribution in [0.25, 0.3) is 10.8 Å². The minimum atomic E-state index is 0.00937. The first kappa shape index (κ1) is 14.2. The smallest absolute Gasteiger partial charge is 0.255 e. The monoisotopic (exact) mass is 305 g/mol. The molecule has 0 unspecified atom stereocenters. The van der Waals surface area contributed by atoms with Crippen molar-refractivity contribution in [2.24, 2.45) is 0 Å². The largest absolute Gasteiger partial charge is 0.310 e. The number of aryl methyl sites for hydroxylation is 1. The van der Waals surface area contributed by atoms with Crippen molar-refractivity contribution in [1.29, 1.82) is 0 Å². The highest BCUT2D eigenvalue weighted by molar-refractivity contribution is 5.85. The van der Waals surface area contributed by atoms with Gasteiger partial charge in [-0.25, -0.2) is 4.98 Å². The van der Waals surface area contributed by atoms with Crippen LogP contribution in [0.3, 0.4) is 0 Å². The molecule has 0 atom stereocenters. The van der Waals surface area contributed by atoms with E-state index in [2.05, 4.69) is 57.3 Å². The molecule has 1 aromatic heterocycles. The Balaban J connectivity index is 1.64. The van der Waals surface area contributed by atoms with E-state index in [9.17, 15) is 4.79 Å². The molecule has 4 nitrogen and oxygen atoms in total. The van der Waals surface area contributed by atoms with Crippen molar-refractivity contribution in [3.05, 3.63) is 75.5 Å². The number of rotatable bonds is 2. The minimum Gasteiger partial charge on any atom is -0.310 e. The van der Waals surface area contributed by atoms with Gasteiger partial charge in [0.2, 0.25) is 0 Å². The second-order valence-electron chi connectivity index (χ2n) is 6.18. The van der Waals surface area contributed by atoms with E-state index in [4.69, 9.17) is 0 Å². The fourth-order valence-electron chi connectivity index (χ4n) is 3.41. The Labute approximate surface area is 134 Å². The summed E-state index contributed by atoms with van der Waals surface area (Å²) < 4.78 is 0. The van der Waals surface area contributed by atoms with E-state index in [-0.39, 0.29) is 5.56 Å². The number of nitrogens with zero attached hydrogens (tertiary/aromatic N) is 2. The fourth-order valence-corrected chi connectivity index (χ4v) is 3.41. The highest BCUT2D eigenvalue weighted by atomic mass is 16.1. The molecule has 1 aliphatic rings. The molecule has 2 aromatic carbocycles. The molecular formula is C19H19N3O. The standard InChI is InChI=1S/C19H19N3O/c1-13-20-18-9-10-22(12-17(18)19(23)21-13)11-15-7-4-6-14-5-2-3-8-16(14)15/h2-8H,9-12H2,1H3,(H,20,21,23). The average Bonchev–Trinajstić information content (AvgIpc) is 2.56. The molecular weight excluding hydrogens is 286 g/mol. The van der Waals surface area contributed by atoms with Gasteiger partial charge in [-0.15, -0.1) is 0 Å². The van der Waals surface area contributed by atoms with Crippen molar-refractivity contribution < 1.29 is 0 Å². The SMILES string of the molecule is Cc1nc2c(c(=O)[nH]1)CN(Cc1cccc3ccccc13)CC2. The van der Waals surface area contributed by atoms with E-state index < -0.39 is 0 Å². The van der Waals surface area contributed by atoms with Crippen LogP contribution in [-0.4, -0.2) is 21.4 Å². The molecule has 0 saturated heterocycles. The lowest BCUT2D eigenvalue weighted by Gasteiger charge is -2.28. The lowest BCUT2D eigenvalue weighted by atomic mass is 10.0. The molecule has 0 fully saturated rings. The van der Waals surface area contributed by atoms with Crippen molar-refractivity contribution in [2.45, 2.75) is 26.4 Å². The Bertz CT molecular complexity index is 924. The Morgan fingerprint density at radius 2 is 2.00 bits per heavy atom. The van der Waals surface area contributed by atoms with Crippen molar-refractivity contribution in [1.82, 2.24) is 14.9 Å². The van der Waals surface area contributed by atoms with Crippen molar-refractivity contribution >= 4 is 10.8 Å². The molecule has 0 radical (unpaired) electrons. The first-order valence-electron chi connectivity index (χ1n) is 7.98. The third-order valence-corrected chi connectivity index (χ3v) is 4.54. The van der Waals surface area contributed by atoms with Crippen LogP contribution in [-0.2, 0) is 19.5 Å². The highest BCUT2D eigenvalue weighted by Crippen LogP contribution is 2.22. The lowest BCUT2D eigenvalue weighted by molar-refractivity contribution is 0.242. The van der Waals surface area contributed by atoms with Crippen LogP contribution in [0.5, 0.6) is 0 Å². The van der Waals surface area contributed by atoms with Gasteiger partial charge in [-0.1, -0.05) is 42.5 Å². The summed E-state index contributed by atoms with van der Waals surface area (Å²) in [4.78, 5) is 21.8. The molecule has 0 saturated carbocycles. The number of H-pyrrole nitrogens is 1. The molecule has 4 rings (SSSR count). The van der Waals surface area contributed by atoms with Crippen LogP contribution in [0.1, 0.15) is 22.6 Å². The van der Waals surface area contributed by atoms with Gasteiger partial charge >= 0.3 is 0 Å². The normalized spacial score (nSPS) is 14.8. The van der Waals surface area contributed by atoms with Crippen molar-refractivity contribution in [3.8, 4) is 0 Å². The van der Waals surface area contributed by atoms with Gasteiger partial charge < -0.3 is 4.98 Å². The quantitative estimate of drug-likeness (QED) is 0.792. The molecule has 3 aromatic rings. The van der Waals surface area contributed by atoms with Gasteiger partial charge in [-0.2, -0.15) is 0 Å². The number of benzene rings is 2. The van der Waals surface area contributed by atoms with E-state index in [1.807, 2.05) is 6.92 Å². The predicted octanol–water partition coefficient (Wildman–Crippen LogP) is 2.79. The summed E-state index contributed by atoms with van der Waals surface area (Å²) in [6.07, 6.45) is 0.838. The molecule has 116 valence electrons. The van der Waals surface area contributed by atoms with Crippen LogP contribution in [0.2, 0.25) is 0 Å². The molecule has 2 heterocycles. The van der Waals surface area contributed by atoms with E-state index in [0.717, 1.165) is 30.8 Å². The Morgan fingerprint density at radius 3 is 2.91 bits per heavy atom. The van der Waals surface area contributed by atoms with E-state index in [0.29, 0.717) is 12.4 Å². The second-order valence-corrected chi connectivity index (χ2v) is 6.18. The minimum absolute atomic E-state index is 0.00937. The Hall–Kier alpha value is -2.46. The summed E-state index contributed by atoms with van der Waals surface area (Å²) >= 11 is 0. The molecule has 1 N–H and O–H groups in total. The Morgan fingerprint density at radius 1 is 1.17 bits per heavy atom. The van der Waals surface area contributed by atoms with Crippen molar-refractivity contribution in [3.63, 3.8) is 0 Å². The first-order chi connectivity index (χ1) is 11.2. The van der Waals surface area contributed by atoms with Gasteiger partial charge in [0.1, 0.15) is 5.82 Å². The van der Waals surface area contributed by atoms with Gasteiger partial charge in [0.25, 0.3) is 5.56 Å². The molecule has 0 spiro atoms. The van der Waals surface area contributed by atoms with Gasteiger partial charge in [0.05, 0.1) is 11.3 Å². The summed E-state index contributed by atoms with van der Waals surface area (Å²) in [6, 6.07) is 14.9. The maximum Gasteiger partial charge on any atom is 0.255 e. The van der Waals surface area contributed by atoms with Gasteiger partial charge in [0.15, 0.2) is 0 Å². The summed E-state index contributed by atoms with van der Waals surface area (Å²) in [5.74, 6) is 0.705. The van der Waals surface area contributed by atoms with E-state index in [1.54, 1.807) is 0 Å². The van der Waals surface area contributed by atoms with Gasteiger partial charge in [-0.3, -0.25) is 9.69 Å². The molecule has 4 heteroatoms. The number of aromatic amines is 1. The molecule has 0 bridgehead atoms. The number of fused-ring (bicyclic) bond motifs is 2. The fraction of sp³-hybridized carbons (Fsp3) is 0.263. The zero-order chi connectivity index (χ0) is 15.8. The molecule has 0 amide bonds. The van der Waals surface area contributed by atoms with E-state index in [1.165, 1.54) is 16.3 Å². The number of nitrogens with one attached hydrogen (secondary N) is 1. The zero-order valence-electron chi connectivity index (χ0n) is 13.2. The van der Waals surface area contributed by atoms with Crippen LogP contribution in [0, 0.1) is 6.92 Å².